The molecule has 0 heterocycles. The van der Waals surface area contributed by atoms with Crippen LogP contribution in [0, 0.1) is 10.1 Å². The van der Waals surface area contributed by atoms with E-state index in [2.05, 4.69) is 10.6 Å². The van der Waals surface area contributed by atoms with Crippen LogP contribution in [0.1, 0.15) is 15.9 Å². The van der Waals surface area contributed by atoms with Crippen LogP contribution in [0.3, 0.4) is 0 Å². The van der Waals surface area contributed by atoms with Crippen molar-refractivity contribution < 1.29 is 22.9 Å². The van der Waals surface area contributed by atoms with Crippen LogP contribution in [0.2, 0.25) is 5.02 Å². The second-order valence-corrected chi connectivity index (χ2v) is 8.37. The highest BCUT2D eigenvalue weighted by Crippen LogP contribution is 2.36. The number of nitrogens with zero attached hydrogens (tertiary/aromatic N) is 1. The van der Waals surface area contributed by atoms with Gasteiger partial charge in [0.2, 0.25) is 3.79 Å². The molecule has 0 bridgehead atoms. The maximum atomic E-state index is 12.9. The molecular weight excluding hydrogens is 481 g/mol. The van der Waals surface area contributed by atoms with Crippen molar-refractivity contribution in [1.82, 2.24) is 5.32 Å². The standard InChI is InChI=1S/C16H10Cl4F3N3O3/c17-11-5-4-9(16(21,22)23)7-12(11)24-14(15(18,19)20)25-13(27)8-2-1-3-10(6-8)26(28)29/h1-7,14,24H,(H,25,27). The molecule has 0 aliphatic heterocycles. The number of nitro benzene ring substituents is 1. The molecule has 0 aliphatic carbocycles. The molecular formula is C16H10Cl4F3N3O3. The quantitative estimate of drug-likeness (QED) is 0.240. The first-order valence-electron chi connectivity index (χ1n) is 7.54. The van der Waals surface area contributed by atoms with Crippen LogP contribution in [-0.4, -0.2) is 20.8 Å². The molecule has 2 aromatic carbocycles. The highest BCUT2D eigenvalue weighted by molar-refractivity contribution is 6.68. The van der Waals surface area contributed by atoms with Gasteiger partial charge in [0.25, 0.3) is 11.6 Å². The van der Waals surface area contributed by atoms with E-state index < -0.39 is 32.5 Å². The lowest BCUT2D eigenvalue weighted by Gasteiger charge is -2.28. The third kappa shape index (κ3) is 6.27. The second kappa shape index (κ2) is 8.83. The van der Waals surface area contributed by atoms with Gasteiger partial charge in [-0.25, -0.2) is 0 Å². The molecule has 2 aromatic rings. The smallest absolute Gasteiger partial charge is 0.361 e. The van der Waals surface area contributed by atoms with Crippen molar-refractivity contribution in [3.63, 3.8) is 0 Å². The first-order valence-corrected chi connectivity index (χ1v) is 9.05. The molecule has 0 saturated carbocycles. The van der Waals surface area contributed by atoms with Crippen molar-refractivity contribution in [3.05, 3.63) is 68.7 Å². The summed E-state index contributed by atoms with van der Waals surface area (Å²) in [4.78, 5) is 22.6. The van der Waals surface area contributed by atoms with E-state index in [9.17, 15) is 28.1 Å². The zero-order valence-electron chi connectivity index (χ0n) is 13.9. The van der Waals surface area contributed by atoms with Crippen LogP contribution in [0.15, 0.2) is 42.5 Å². The number of hydrogen-bond acceptors (Lipinski definition) is 4. The Kier molecular flexibility index (Phi) is 7.10. The van der Waals surface area contributed by atoms with Gasteiger partial charge in [0, 0.05) is 17.7 Å². The van der Waals surface area contributed by atoms with E-state index in [1.54, 1.807) is 0 Å². The maximum absolute atomic E-state index is 12.9. The van der Waals surface area contributed by atoms with E-state index in [-0.39, 0.29) is 22.0 Å². The number of amides is 1. The van der Waals surface area contributed by atoms with Gasteiger partial charge in [0.15, 0.2) is 0 Å². The van der Waals surface area contributed by atoms with Crippen LogP contribution in [-0.2, 0) is 6.18 Å². The lowest BCUT2D eigenvalue weighted by molar-refractivity contribution is -0.384. The normalized spacial score (nSPS) is 12.9. The number of benzene rings is 2. The third-order valence-corrected chi connectivity index (χ3v) is 4.50. The summed E-state index contributed by atoms with van der Waals surface area (Å²) >= 11 is 23.4. The molecule has 13 heteroatoms. The van der Waals surface area contributed by atoms with Crippen molar-refractivity contribution in [2.45, 2.75) is 16.1 Å². The molecule has 0 saturated heterocycles. The van der Waals surface area contributed by atoms with Crippen LogP contribution >= 0.6 is 46.4 Å². The minimum absolute atomic E-state index is 0.123. The van der Waals surface area contributed by atoms with Gasteiger partial charge in [-0.3, -0.25) is 14.9 Å². The Balaban J connectivity index is 2.31. The van der Waals surface area contributed by atoms with Crippen LogP contribution < -0.4 is 10.6 Å². The van der Waals surface area contributed by atoms with E-state index in [0.29, 0.717) is 6.07 Å². The number of hydrogen-bond donors (Lipinski definition) is 2. The van der Waals surface area contributed by atoms with E-state index in [1.807, 2.05) is 0 Å². The Morgan fingerprint density at radius 2 is 1.76 bits per heavy atom. The van der Waals surface area contributed by atoms with Crippen molar-refractivity contribution >= 4 is 63.7 Å². The molecule has 156 valence electrons. The molecule has 29 heavy (non-hydrogen) atoms. The number of carbonyl (C=O) groups is 1. The highest BCUT2D eigenvalue weighted by Gasteiger charge is 2.36. The molecule has 2 N–H and O–H groups in total. The summed E-state index contributed by atoms with van der Waals surface area (Å²) in [7, 11) is 0. The van der Waals surface area contributed by atoms with Gasteiger partial charge < -0.3 is 10.6 Å². The summed E-state index contributed by atoms with van der Waals surface area (Å²) in [5.74, 6) is -0.874. The lowest BCUT2D eigenvalue weighted by Crippen LogP contribution is -2.49. The fourth-order valence-corrected chi connectivity index (χ4v) is 2.64. The SMILES string of the molecule is O=C(NC(Nc1cc(C(F)(F)F)ccc1Cl)C(Cl)(Cl)Cl)c1cccc([N+](=O)[O-])c1. The van der Waals surface area contributed by atoms with Gasteiger partial charge in [-0.1, -0.05) is 52.5 Å². The van der Waals surface area contributed by atoms with Crippen molar-refractivity contribution in [3.8, 4) is 0 Å². The number of nitrogens with one attached hydrogen (secondary N) is 2. The van der Waals surface area contributed by atoms with E-state index >= 15 is 0 Å². The van der Waals surface area contributed by atoms with E-state index in [0.717, 1.165) is 18.2 Å². The Morgan fingerprint density at radius 1 is 1.10 bits per heavy atom. The third-order valence-electron chi connectivity index (χ3n) is 3.52. The zero-order valence-corrected chi connectivity index (χ0v) is 17.0. The molecule has 0 spiro atoms. The predicted octanol–water partition coefficient (Wildman–Crippen LogP) is 5.81. The molecule has 1 atom stereocenters. The lowest BCUT2D eigenvalue weighted by atomic mass is 10.1. The predicted molar refractivity (Wildman–Crippen MR) is 105 cm³/mol. The largest absolute Gasteiger partial charge is 0.416 e. The number of alkyl halides is 6. The van der Waals surface area contributed by atoms with Crippen LogP contribution in [0.5, 0.6) is 0 Å². The molecule has 1 unspecified atom stereocenters. The molecule has 0 aliphatic rings. The molecule has 1 amide bonds. The number of halogens is 7. The van der Waals surface area contributed by atoms with Gasteiger partial charge in [0.05, 0.1) is 21.2 Å². The van der Waals surface area contributed by atoms with Crippen molar-refractivity contribution in [2.24, 2.45) is 0 Å². The van der Waals surface area contributed by atoms with Gasteiger partial charge in [-0.15, -0.1) is 0 Å². The van der Waals surface area contributed by atoms with Crippen LogP contribution in [0.25, 0.3) is 0 Å². The highest BCUT2D eigenvalue weighted by atomic mass is 35.6. The molecule has 0 fully saturated rings. The number of nitro groups is 1. The zero-order chi connectivity index (χ0) is 22.0. The average molecular weight is 491 g/mol. The second-order valence-electron chi connectivity index (χ2n) is 5.59. The van der Waals surface area contributed by atoms with Gasteiger partial charge in [0.1, 0.15) is 6.17 Å². The van der Waals surface area contributed by atoms with E-state index in [1.165, 1.54) is 18.2 Å². The Hall–Kier alpha value is -1.94. The van der Waals surface area contributed by atoms with E-state index in [4.69, 9.17) is 46.4 Å². The summed E-state index contributed by atoms with van der Waals surface area (Å²) in [5, 5.41) is 15.4. The summed E-state index contributed by atoms with van der Waals surface area (Å²) < 4.78 is 36.6. The van der Waals surface area contributed by atoms with Gasteiger partial charge in [-0.2, -0.15) is 13.2 Å². The number of non-ortho nitro benzene ring substituents is 1. The summed E-state index contributed by atoms with van der Waals surface area (Å²) in [6.07, 6.45) is -6.18. The van der Waals surface area contributed by atoms with Gasteiger partial charge >= 0.3 is 6.18 Å². The first kappa shape index (κ1) is 23.3. The fourth-order valence-electron chi connectivity index (χ4n) is 2.14. The Bertz CT molecular complexity index is 936. The summed E-state index contributed by atoms with van der Waals surface area (Å²) in [6, 6.07) is 7.14. The molecule has 0 aromatic heterocycles. The molecule has 6 nitrogen and oxygen atoms in total. The monoisotopic (exact) mass is 489 g/mol. The van der Waals surface area contributed by atoms with Crippen molar-refractivity contribution in [1.29, 1.82) is 0 Å². The minimum atomic E-state index is -4.65. The summed E-state index contributed by atoms with van der Waals surface area (Å²) in [6.45, 7) is 0. The maximum Gasteiger partial charge on any atom is 0.416 e. The Labute approximate surface area is 182 Å². The number of rotatable bonds is 5. The van der Waals surface area contributed by atoms with Crippen LogP contribution in [0.4, 0.5) is 24.5 Å². The van der Waals surface area contributed by atoms with Crippen molar-refractivity contribution in [2.75, 3.05) is 5.32 Å². The molecule has 2 rings (SSSR count). The number of anilines is 1. The number of carbonyl (C=O) groups excluding carboxylic acids is 1. The minimum Gasteiger partial charge on any atom is -0.361 e. The fraction of sp³-hybridized carbons (Fsp3) is 0.188. The Morgan fingerprint density at radius 3 is 2.31 bits per heavy atom. The summed E-state index contributed by atoms with van der Waals surface area (Å²) in [5.41, 5.74) is -1.75. The topological polar surface area (TPSA) is 84.3 Å². The average Bonchev–Trinajstić information content (AvgIpc) is 2.61. The molecule has 0 radical (unpaired) electrons. The van der Waals surface area contributed by atoms with Gasteiger partial charge in [-0.05, 0) is 24.3 Å². The first-order chi connectivity index (χ1) is 13.3.